The smallest absolute Gasteiger partial charge is 0.274 e. The molecule has 7 heteroatoms. The van der Waals surface area contributed by atoms with Gasteiger partial charge in [-0.2, -0.15) is 0 Å². The SMILES string of the molecule is CCOc1ccccc1NC(=O)c1cc(NCc2ccccc2Cl)ncn1. The number of hydrogen-bond acceptors (Lipinski definition) is 5. The lowest BCUT2D eigenvalue weighted by Gasteiger charge is -2.11. The number of nitrogens with one attached hydrogen (secondary N) is 2. The van der Waals surface area contributed by atoms with Crippen molar-refractivity contribution >= 4 is 29.0 Å². The minimum absolute atomic E-state index is 0.248. The Morgan fingerprint density at radius 2 is 1.89 bits per heavy atom. The van der Waals surface area contributed by atoms with Crippen molar-refractivity contribution in [1.29, 1.82) is 0 Å². The molecule has 1 amide bonds. The van der Waals surface area contributed by atoms with Gasteiger partial charge in [0.2, 0.25) is 0 Å². The molecule has 2 N–H and O–H groups in total. The quantitative estimate of drug-likeness (QED) is 0.633. The summed E-state index contributed by atoms with van der Waals surface area (Å²) in [6.45, 7) is 2.89. The molecule has 6 nitrogen and oxygen atoms in total. The molecule has 3 rings (SSSR count). The maximum atomic E-state index is 12.5. The first-order valence-electron chi connectivity index (χ1n) is 8.50. The van der Waals surface area contributed by atoms with Crippen LogP contribution in [0, 0.1) is 0 Å². The second-order valence-corrected chi connectivity index (χ2v) is 6.02. The van der Waals surface area contributed by atoms with Crippen LogP contribution < -0.4 is 15.4 Å². The van der Waals surface area contributed by atoms with Gasteiger partial charge in [-0.25, -0.2) is 9.97 Å². The van der Waals surface area contributed by atoms with Crippen molar-refractivity contribution in [2.75, 3.05) is 17.2 Å². The molecule has 27 heavy (non-hydrogen) atoms. The average molecular weight is 383 g/mol. The monoisotopic (exact) mass is 382 g/mol. The van der Waals surface area contributed by atoms with Crippen LogP contribution in [0.3, 0.4) is 0 Å². The van der Waals surface area contributed by atoms with E-state index < -0.39 is 0 Å². The summed E-state index contributed by atoms with van der Waals surface area (Å²) in [6.07, 6.45) is 1.35. The van der Waals surface area contributed by atoms with E-state index in [4.69, 9.17) is 16.3 Å². The van der Waals surface area contributed by atoms with Crippen molar-refractivity contribution in [3.63, 3.8) is 0 Å². The normalized spacial score (nSPS) is 10.3. The number of carbonyl (C=O) groups is 1. The van der Waals surface area contributed by atoms with Crippen molar-refractivity contribution in [2.24, 2.45) is 0 Å². The Kier molecular flexibility index (Phi) is 6.22. The van der Waals surface area contributed by atoms with E-state index in [9.17, 15) is 4.79 Å². The Morgan fingerprint density at radius 1 is 1.11 bits per heavy atom. The predicted molar refractivity (Wildman–Crippen MR) is 106 cm³/mol. The molecule has 0 unspecified atom stereocenters. The van der Waals surface area contributed by atoms with Gasteiger partial charge in [-0.15, -0.1) is 0 Å². The third-order valence-corrected chi connectivity index (χ3v) is 4.12. The summed E-state index contributed by atoms with van der Waals surface area (Å²) >= 11 is 6.15. The Morgan fingerprint density at radius 3 is 2.70 bits per heavy atom. The summed E-state index contributed by atoms with van der Waals surface area (Å²) in [4.78, 5) is 20.7. The maximum Gasteiger partial charge on any atom is 0.274 e. The number of amides is 1. The van der Waals surface area contributed by atoms with Crippen LogP contribution in [0.5, 0.6) is 5.75 Å². The Balaban J connectivity index is 1.70. The van der Waals surface area contributed by atoms with Crippen LogP contribution in [0.4, 0.5) is 11.5 Å². The minimum atomic E-state index is -0.342. The molecule has 138 valence electrons. The number of aromatic nitrogens is 2. The minimum Gasteiger partial charge on any atom is -0.492 e. The summed E-state index contributed by atoms with van der Waals surface area (Å²) in [6, 6.07) is 16.4. The highest BCUT2D eigenvalue weighted by Crippen LogP contribution is 2.24. The molecule has 0 radical (unpaired) electrons. The van der Waals surface area contributed by atoms with E-state index in [1.54, 1.807) is 18.2 Å². The van der Waals surface area contributed by atoms with E-state index in [2.05, 4.69) is 20.6 Å². The Hall–Kier alpha value is -3.12. The third-order valence-electron chi connectivity index (χ3n) is 3.75. The number of halogens is 1. The highest BCUT2D eigenvalue weighted by atomic mass is 35.5. The average Bonchev–Trinajstić information content (AvgIpc) is 2.69. The van der Waals surface area contributed by atoms with Gasteiger partial charge >= 0.3 is 0 Å². The number of rotatable bonds is 7. The molecule has 0 spiro atoms. The van der Waals surface area contributed by atoms with E-state index in [1.807, 2.05) is 43.3 Å². The molecule has 1 aromatic heterocycles. The fourth-order valence-electron chi connectivity index (χ4n) is 2.44. The number of carbonyl (C=O) groups excluding carboxylic acids is 1. The van der Waals surface area contributed by atoms with E-state index in [0.717, 1.165) is 5.56 Å². The van der Waals surface area contributed by atoms with E-state index in [1.165, 1.54) is 6.33 Å². The van der Waals surface area contributed by atoms with E-state index in [0.29, 0.717) is 35.4 Å². The first-order valence-corrected chi connectivity index (χ1v) is 8.87. The van der Waals surface area contributed by atoms with Gasteiger partial charge in [-0.1, -0.05) is 41.9 Å². The summed E-state index contributed by atoms with van der Waals surface area (Å²) < 4.78 is 5.52. The van der Waals surface area contributed by atoms with Crippen molar-refractivity contribution in [2.45, 2.75) is 13.5 Å². The topological polar surface area (TPSA) is 76.1 Å². The van der Waals surface area contributed by atoms with Crippen LogP contribution in [0.1, 0.15) is 23.0 Å². The number of para-hydroxylation sites is 2. The molecule has 0 aliphatic carbocycles. The number of benzene rings is 2. The number of hydrogen-bond donors (Lipinski definition) is 2. The van der Waals surface area contributed by atoms with Gasteiger partial charge in [0.05, 0.1) is 12.3 Å². The third kappa shape index (κ3) is 4.95. The summed E-state index contributed by atoms with van der Waals surface area (Å²) in [5, 5.41) is 6.64. The number of anilines is 2. The van der Waals surface area contributed by atoms with Gasteiger partial charge in [0, 0.05) is 17.6 Å². The zero-order valence-electron chi connectivity index (χ0n) is 14.8. The molecule has 0 aliphatic rings. The van der Waals surface area contributed by atoms with Crippen LogP contribution >= 0.6 is 11.6 Å². The van der Waals surface area contributed by atoms with Gasteiger partial charge in [0.15, 0.2) is 0 Å². The molecule has 0 aliphatic heterocycles. The molecule has 0 atom stereocenters. The van der Waals surface area contributed by atoms with Crippen molar-refractivity contribution in [1.82, 2.24) is 9.97 Å². The fourth-order valence-corrected chi connectivity index (χ4v) is 2.65. The second-order valence-electron chi connectivity index (χ2n) is 5.62. The van der Waals surface area contributed by atoms with Gasteiger partial charge in [0.25, 0.3) is 5.91 Å². The van der Waals surface area contributed by atoms with E-state index in [-0.39, 0.29) is 11.6 Å². The Bertz CT molecular complexity index is 933. The lowest BCUT2D eigenvalue weighted by atomic mass is 10.2. The van der Waals surface area contributed by atoms with Gasteiger partial charge in [-0.3, -0.25) is 4.79 Å². The molecule has 0 bridgehead atoms. The highest BCUT2D eigenvalue weighted by Gasteiger charge is 2.12. The van der Waals surface area contributed by atoms with Crippen LogP contribution in [0.15, 0.2) is 60.9 Å². The van der Waals surface area contributed by atoms with E-state index >= 15 is 0 Å². The van der Waals surface area contributed by atoms with Crippen LogP contribution in [0.25, 0.3) is 0 Å². The zero-order valence-corrected chi connectivity index (χ0v) is 15.5. The molecule has 1 heterocycles. The van der Waals surface area contributed by atoms with Crippen LogP contribution in [-0.2, 0) is 6.54 Å². The lowest BCUT2D eigenvalue weighted by Crippen LogP contribution is -2.15. The maximum absolute atomic E-state index is 12.5. The van der Waals surface area contributed by atoms with Gasteiger partial charge in [0.1, 0.15) is 23.6 Å². The first kappa shape index (κ1) is 18.7. The lowest BCUT2D eigenvalue weighted by molar-refractivity contribution is 0.102. The van der Waals surface area contributed by atoms with Crippen LogP contribution in [-0.4, -0.2) is 22.5 Å². The summed E-state index contributed by atoms with van der Waals surface area (Å²) in [5.41, 5.74) is 1.78. The van der Waals surface area contributed by atoms with Crippen molar-refractivity contribution < 1.29 is 9.53 Å². The largest absolute Gasteiger partial charge is 0.492 e. The molecule has 2 aromatic carbocycles. The second kappa shape index (κ2) is 9.00. The molecule has 0 saturated heterocycles. The van der Waals surface area contributed by atoms with Crippen molar-refractivity contribution in [3.8, 4) is 5.75 Å². The summed E-state index contributed by atoms with van der Waals surface area (Å²) in [5.74, 6) is 0.804. The molecule has 3 aromatic rings. The summed E-state index contributed by atoms with van der Waals surface area (Å²) in [7, 11) is 0. The number of nitrogens with zero attached hydrogens (tertiary/aromatic N) is 2. The highest BCUT2D eigenvalue weighted by molar-refractivity contribution is 6.31. The standard InChI is InChI=1S/C20H19ClN4O2/c1-2-27-18-10-6-5-9-16(18)25-20(26)17-11-19(24-13-23-17)22-12-14-7-3-4-8-15(14)21/h3-11,13H,2,12H2,1H3,(H,25,26)(H,22,23,24). The molecular formula is C20H19ClN4O2. The van der Waals surface area contributed by atoms with Gasteiger partial charge < -0.3 is 15.4 Å². The zero-order chi connectivity index (χ0) is 19.1. The molecular weight excluding hydrogens is 364 g/mol. The number of ether oxygens (including phenoxy) is 1. The molecule has 0 fully saturated rings. The van der Waals surface area contributed by atoms with Crippen molar-refractivity contribution in [3.05, 3.63) is 77.2 Å². The first-order chi connectivity index (χ1) is 13.2. The van der Waals surface area contributed by atoms with Gasteiger partial charge in [-0.05, 0) is 30.7 Å². The Labute approximate surface area is 162 Å². The fraction of sp³-hybridized carbons (Fsp3) is 0.150. The predicted octanol–water partition coefficient (Wildman–Crippen LogP) is 4.39. The van der Waals surface area contributed by atoms with Crippen LogP contribution in [0.2, 0.25) is 5.02 Å². The molecule has 0 saturated carbocycles.